The summed E-state index contributed by atoms with van der Waals surface area (Å²) in [5.74, 6) is 1.37. The molecule has 0 spiro atoms. The van der Waals surface area contributed by atoms with E-state index in [9.17, 15) is 4.79 Å². The van der Waals surface area contributed by atoms with E-state index in [2.05, 4.69) is 11.1 Å². The normalized spacial score (nSPS) is 10.9. The van der Waals surface area contributed by atoms with Crippen LogP contribution in [0.4, 0.5) is 5.82 Å². The van der Waals surface area contributed by atoms with Crippen LogP contribution in [0, 0.1) is 6.92 Å². The van der Waals surface area contributed by atoms with E-state index in [1.54, 1.807) is 13.1 Å². The van der Waals surface area contributed by atoms with E-state index in [0.717, 1.165) is 23.3 Å². The van der Waals surface area contributed by atoms with Crippen molar-refractivity contribution in [1.29, 1.82) is 0 Å². The van der Waals surface area contributed by atoms with Gasteiger partial charge in [0.15, 0.2) is 5.12 Å². The third-order valence-electron chi connectivity index (χ3n) is 2.06. The van der Waals surface area contributed by atoms with Crippen molar-refractivity contribution in [2.45, 2.75) is 20.3 Å². The lowest BCUT2D eigenvalue weighted by molar-refractivity contribution is -0.109. The Kier molecular flexibility index (Phi) is 5.05. The van der Waals surface area contributed by atoms with Crippen LogP contribution < -0.4 is 5.73 Å². The SMILES string of the molecule is CC(=O)SCCC=Cc1cnc(N)cc1C. The van der Waals surface area contributed by atoms with E-state index < -0.39 is 0 Å². The number of aryl methyl sites for hydroxylation is 1. The lowest BCUT2D eigenvalue weighted by Gasteiger charge is -2.00. The molecule has 0 aromatic carbocycles. The van der Waals surface area contributed by atoms with Crippen molar-refractivity contribution >= 4 is 28.8 Å². The zero-order valence-electron chi connectivity index (χ0n) is 9.56. The van der Waals surface area contributed by atoms with Gasteiger partial charge in [-0.25, -0.2) is 4.98 Å². The van der Waals surface area contributed by atoms with Gasteiger partial charge in [0.1, 0.15) is 5.82 Å². The Hall–Kier alpha value is -1.29. The van der Waals surface area contributed by atoms with E-state index >= 15 is 0 Å². The Balaban J connectivity index is 2.47. The van der Waals surface area contributed by atoms with Crippen molar-refractivity contribution in [3.05, 3.63) is 29.5 Å². The molecule has 0 amide bonds. The summed E-state index contributed by atoms with van der Waals surface area (Å²) in [6, 6.07) is 1.85. The summed E-state index contributed by atoms with van der Waals surface area (Å²) in [5.41, 5.74) is 7.75. The maximum absolute atomic E-state index is 10.7. The Morgan fingerprint density at radius 1 is 1.62 bits per heavy atom. The molecule has 0 fully saturated rings. The van der Waals surface area contributed by atoms with Crippen LogP contribution >= 0.6 is 11.8 Å². The zero-order chi connectivity index (χ0) is 12.0. The molecule has 2 N–H and O–H groups in total. The number of aromatic nitrogens is 1. The summed E-state index contributed by atoms with van der Waals surface area (Å²) >= 11 is 1.35. The van der Waals surface area contributed by atoms with Gasteiger partial charge in [0.05, 0.1) is 0 Å². The Bertz CT molecular complexity index is 402. The van der Waals surface area contributed by atoms with Crippen LogP contribution in [-0.4, -0.2) is 15.9 Å². The number of nitrogen functional groups attached to an aromatic ring is 1. The highest BCUT2D eigenvalue weighted by Gasteiger charge is 1.95. The lowest BCUT2D eigenvalue weighted by atomic mass is 10.1. The molecular weight excluding hydrogens is 220 g/mol. The predicted molar refractivity (Wildman–Crippen MR) is 70.2 cm³/mol. The van der Waals surface area contributed by atoms with E-state index in [0.29, 0.717) is 5.82 Å². The highest BCUT2D eigenvalue weighted by molar-refractivity contribution is 8.13. The zero-order valence-corrected chi connectivity index (χ0v) is 10.4. The van der Waals surface area contributed by atoms with Crippen molar-refractivity contribution in [2.75, 3.05) is 11.5 Å². The first-order valence-electron chi connectivity index (χ1n) is 5.11. The smallest absolute Gasteiger partial charge is 0.185 e. The fourth-order valence-electron chi connectivity index (χ4n) is 1.24. The highest BCUT2D eigenvalue weighted by atomic mass is 32.2. The number of thioether (sulfide) groups is 1. The first-order chi connectivity index (χ1) is 7.59. The van der Waals surface area contributed by atoms with Gasteiger partial charge in [-0.15, -0.1) is 0 Å². The molecule has 1 aromatic rings. The predicted octanol–water partition coefficient (Wildman–Crippen LogP) is 2.66. The molecule has 1 aromatic heterocycles. The van der Waals surface area contributed by atoms with Crippen LogP contribution in [0.3, 0.4) is 0 Å². The Morgan fingerprint density at radius 3 is 3.00 bits per heavy atom. The molecule has 4 heteroatoms. The molecular formula is C12H16N2OS. The number of pyridine rings is 1. The van der Waals surface area contributed by atoms with Gasteiger partial charge in [0.25, 0.3) is 0 Å². The number of hydrogen-bond donors (Lipinski definition) is 1. The molecule has 0 aliphatic carbocycles. The largest absolute Gasteiger partial charge is 0.384 e. The summed E-state index contributed by atoms with van der Waals surface area (Å²) < 4.78 is 0. The number of nitrogens with two attached hydrogens (primary N) is 1. The number of anilines is 1. The third kappa shape index (κ3) is 4.49. The monoisotopic (exact) mass is 236 g/mol. The minimum atomic E-state index is 0.165. The van der Waals surface area contributed by atoms with E-state index in [-0.39, 0.29) is 5.12 Å². The molecule has 0 aliphatic heterocycles. The summed E-state index contributed by atoms with van der Waals surface area (Å²) in [7, 11) is 0. The molecule has 16 heavy (non-hydrogen) atoms. The Labute approximate surface area is 100 Å². The first kappa shape index (κ1) is 12.8. The number of nitrogens with zero attached hydrogens (tertiary/aromatic N) is 1. The van der Waals surface area contributed by atoms with Crippen LogP contribution in [0.15, 0.2) is 18.3 Å². The molecule has 0 saturated carbocycles. The van der Waals surface area contributed by atoms with Crippen LogP contribution in [0.5, 0.6) is 0 Å². The maximum atomic E-state index is 10.7. The first-order valence-corrected chi connectivity index (χ1v) is 6.10. The van der Waals surface area contributed by atoms with Crippen molar-refractivity contribution in [2.24, 2.45) is 0 Å². The summed E-state index contributed by atoms with van der Waals surface area (Å²) in [6.07, 6.45) is 6.71. The molecule has 0 aliphatic rings. The van der Waals surface area contributed by atoms with Gasteiger partial charge in [-0.1, -0.05) is 23.9 Å². The van der Waals surface area contributed by atoms with Crippen molar-refractivity contribution < 1.29 is 4.79 Å². The van der Waals surface area contributed by atoms with Crippen LogP contribution in [-0.2, 0) is 4.79 Å². The van der Waals surface area contributed by atoms with Gasteiger partial charge in [-0.3, -0.25) is 4.79 Å². The lowest BCUT2D eigenvalue weighted by Crippen LogP contribution is -1.92. The average molecular weight is 236 g/mol. The second kappa shape index (κ2) is 6.33. The second-order valence-corrected chi connectivity index (χ2v) is 4.77. The number of hydrogen-bond acceptors (Lipinski definition) is 4. The van der Waals surface area contributed by atoms with Crippen LogP contribution in [0.1, 0.15) is 24.5 Å². The summed E-state index contributed by atoms with van der Waals surface area (Å²) in [6.45, 7) is 3.59. The molecule has 3 nitrogen and oxygen atoms in total. The number of carbonyl (C=O) groups excluding carboxylic acids is 1. The standard InChI is InChI=1S/C12H16N2OS/c1-9-7-12(13)14-8-11(9)5-3-4-6-16-10(2)15/h3,5,7-8H,4,6H2,1-2H3,(H2,13,14). The molecule has 86 valence electrons. The molecule has 1 heterocycles. The van der Waals surface area contributed by atoms with Crippen molar-refractivity contribution in [3.8, 4) is 0 Å². The quantitative estimate of drug-likeness (QED) is 0.816. The fraction of sp³-hybridized carbons (Fsp3) is 0.333. The van der Waals surface area contributed by atoms with Gasteiger partial charge in [-0.2, -0.15) is 0 Å². The minimum absolute atomic E-state index is 0.165. The highest BCUT2D eigenvalue weighted by Crippen LogP contribution is 2.12. The van der Waals surface area contributed by atoms with Gasteiger partial charge >= 0.3 is 0 Å². The minimum Gasteiger partial charge on any atom is -0.384 e. The fourth-order valence-corrected chi connectivity index (χ4v) is 1.79. The van der Waals surface area contributed by atoms with Gasteiger partial charge in [0, 0.05) is 18.9 Å². The topological polar surface area (TPSA) is 56.0 Å². The Morgan fingerprint density at radius 2 is 2.38 bits per heavy atom. The van der Waals surface area contributed by atoms with Gasteiger partial charge in [0.2, 0.25) is 0 Å². The molecule has 0 bridgehead atoms. The second-order valence-electron chi connectivity index (χ2n) is 3.50. The molecule has 1 rings (SSSR count). The number of carbonyl (C=O) groups is 1. The van der Waals surface area contributed by atoms with Crippen molar-refractivity contribution in [3.63, 3.8) is 0 Å². The average Bonchev–Trinajstić information content (AvgIpc) is 2.20. The molecule has 0 saturated heterocycles. The van der Waals surface area contributed by atoms with E-state index in [1.807, 2.05) is 19.1 Å². The van der Waals surface area contributed by atoms with Crippen molar-refractivity contribution in [1.82, 2.24) is 4.98 Å². The van der Waals surface area contributed by atoms with Gasteiger partial charge in [-0.05, 0) is 30.5 Å². The summed E-state index contributed by atoms with van der Waals surface area (Å²) in [4.78, 5) is 14.7. The van der Waals surface area contributed by atoms with E-state index in [4.69, 9.17) is 5.73 Å². The number of allylic oxidation sites excluding steroid dienone is 1. The summed E-state index contributed by atoms with van der Waals surface area (Å²) in [5, 5.41) is 0.165. The molecule has 0 radical (unpaired) electrons. The maximum Gasteiger partial charge on any atom is 0.185 e. The number of rotatable bonds is 4. The van der Waals surface area contributed by atoms with Crippen LogP contribution in [0.25, 0.3) is 6.08 Å². The molecule has 0 unspecified atom stereocenters. The molecule has 0 atom stereocenters. The third-order valence-corrected chi connectivity index (χ3v) is 2.91. The van der Waals surface area contributed by atoms with Crippen LogP contribution in [0.2, 0.25) is 0 Å². The van der Waals surface area contributed by atoms with E-state index in [1.165, 1.54) is 11.8 Å². The van der Waals surface area contributed by atoms with Gasteiger partial charge < -0.3 is 5.73 Å².